The highest BCUT2D eigenvalue weighted by molar-refractivity contribution is 6.10. The van der Waals surface area contributed by atoms with Gasteiger partial charge in [-0.15, -0.1) is 0 Å². The van der Waals surface area contributed by atoms with Crippen molar-refractivity contribution in [3.05, 3.63) is 100 Å². The lowest BCUT2D eigenvalue weighted by atomic mass is 10.0. The molecular weight excluding hydrogens is 298 g/mol. The summed E-state index contributed by atoms with van der Waals surface area (Å²) in [6.07, 6.45) is 1.46. The van der Waals surface area contributed by atoms with Crippen LogP contribution in [0.25, 0.3) is 0 Å². The van der Waals surface area contributed by atoms with Gasteiger partial charge in [0.1, 0.15) is 5.69 Å². The van der Waals surface area contributed by atoms with E-state index in [1.54, 1.807) is 36.4 Å². The Morgan fingerprint density at radius 2 is 1.08 bits per heavy atom. The first-order chi connectivity index (χ1) is 11.5. The largest absolute Gasteiger partial charge is 0.289 e. The van der Waals surface area contributed by atoms with E-state index < -0.39 is 0 Å². The van der Waals surface area contributed by atoms with Gasteiger partial charge in [0.05, 0.1) is 0 Å². The van der Waals surface area contributed by atoms with Gasteiger partial charge < -0.3 is 0 Å². The molecule has 0 aliphatic carbocycles. The molecule has 1 heterocycles. The average molecular weight is 315 g/mol. The number of benzene rings is 2. The van der Waals surface area contributed by atoms with Crippen LogP contribution in [0.5, 0.6) is 0 Å². The minimum atomic E-state index is -0.149. The molecule has 0 aliphatic heterocycles. The highest BCUT2D eigenvalue weighted by Gasteiger charge is 2.13. The molecule has 1 aromatic heterocycles. The van der Waals surface area contributed by atoms with Crippen LogP contribution in [-0.4, -0.2) is 16.6 Å². The lowest BCUT2D eigenvalue weighted by Crippen LogP contribution is -2.07. The second kappa shape index (κ2) is 6.59. The van der Waals surface area contributed by atoms with Crippen molar-refractivity contribution >= 4 is 11.6 Å². The van der Waals surface area contributed by atoms with Gasteiger partial charge in [-0.25, -0.2) is 0 Å². The Morgan fingerprint density at radius 1 is 0.625 bits per heavy atom. The number of aromatic nitrogens is 1. The summed E-state index contributed by atoms with van der Waals surface area (Å²) >= 11 is 0. The number of hydrogen-bond donors (Lipinski definition) is 0. The second-order valence-corrected chi connectivity index (χ2v) is 5.82. The minimum absolute atomic E-state index is 0.100. The molecule has 0 unspecified atom stereocenters. The molecule has 3 heteroatoms. The molecule has 0 bridgehead atoms. The number of ketones is 2. The maximum Gasteiger partial charge on any atom is 0.211 e. The highest BCUT2D eigenvalue weighted by atomic mass is 16.1. The smallest absolute Gasteiger partial charge is 0.211 e. The number of pyridine rings is 1. The van der Waals surface area contributed by atoms with Crippen LogP contribution in [0.4, 0.5) is 0 Å². The maximum atomic E-state index is 12.4. The van der Waals surface area contributed by atoms with Crippen LogP contribution in [0.3, 0.4) is 0 Å². The van der Waals surface area contributed by atoms with E-state index in [1.165, 1.54) is 6.20 Å². The van der Waals surface area contributed by atoms with Crippen molar-refractivity contribution in [2.24, 2.45) is 0 Å². The van der Waals surface area contributed by atoms with E-state index in [9.17, 15) is 9.59 Å². The first-order valence-electron chi connectivity index (χ1n) is 7.73. The second-order valence-electron chi connectivity index (χ2n) is 5.82. The lowest BCUT2D eigenvalue weighted by Gasteiger charge is -2.04. The molecule has 0 atom stereocenters. The van der Waals surface area contributed by atoms with Crippen LogP contribution in [0.15, 0.2) is 66.9 Å². The third kappa shape index (κ3) is 3.30. The normalized spacial score (nSPS) is 10.4. The van der Waals surface area contributed by atoms with Gasteiger partial charge in [-0.3, -0.25) is 14.6 Å². The fourth-order valence-corrected chi connectivity index (χ4v) is 2.39. The summed E-state index contributed by atoms with van der Waals surface area (Å²) in [6.45, 7) is 3.94. The quantitative estimate of drug-likeness (QED) is 0.679. The first kappa shape index (κ1) is 15.8. The zero-order valence-corrected chi connectivity index (χ0v) is 13.6. The molecule has 3 aromatic rings. The molecule has 0 amide bonds. The van der Waals surface area contributed by atoms with Crippen molar-refractivity contribution < 1.29 is 9.59 Å². The Balaban J connectivity index is 1.82. The summed E-state index contributed by atoms with van der Waals surface area (Å²) < 4.78 is 0. The number of aryl methyl sites for hydroxylation is 2. The van der Waals surface area contributed by atoms with Crippen molar-refractivity contribution in [3.8, 4) is 0 Å². The van der Waals surface area contributed by atoms with Crippen LogP contribution in [0.1, 0.15) is 43.1 Å². The number of carbonyl (C=O) groups is 2. The third-order valence-electron chi connectivity index (χ3n) is 3.89. The Kier molecular flexibility index (Phi) is 4.34. The van der Waals surface area contributed by atoms with Crippen molar-refractivity contribution in [1.29, 1.82) is 0 Å². The van der Waals surface area contributed by atoms with Crippen molar-refractivity contribution in [2.45, 2.75) is 13.8 Å². The van der Waals surface area contributed by atoms with E-state index in [0.717, 1.165) is 11.1 Å². The van der Waals surface area contributed by atoms with E-state index in [2.05, 4.69) is 4.98 Å². The Hall–Kier alpha value is -3.07. The molecule has 24 heavy (non-hydrogen) atoms. The standard InChI is InChI=1S/C21H17NO2/c1-14-3-7-16(8-4-14)20(23)18-11-12-19(22-13-18)21(24)17-9-5-15(2)6-10-17/h3-13H,1-2H3. The minimum Gasteiger partial charge on any atom is -0.289 e. The molecule has 0 spiro atoms. The van der Waals surface area contributed by atoms with Gasteiger partial charge >= 0.3 is 0 Å². The zero-order chi connectivity index (χ0) is 17.1. The number of carbonyl (C=O) groups excluding carboxylic acids is 2. The Morgan fingerprint density at radius 3 is 1.54 bits per heavy atom. The number of nitrogens with zero attached hydrogens (tertiary/aromatic N) is 1. The molecule has 0 N–H and O–H groups in total. The molecule has 0 radical (unpaired) electrons. The molecule has 3 rings (SSSR count). The van der Waals surface area contributed by atoms with Gasteiger partial charge in [0, 0.05) is 22.9 Å². The van der Waals surface area contributed by atoms with Crippen LogP contribution in [0.2, 0.25) is 0 Å². The predicted molar refractivity (Wildman–Crippen MR) is 93.5 cm³/mol. The number of hydrogen-bond acceptors (Lipinski definition) is 3. The van der Waals surface area contributed by atoms with Gasteiger partial charge in [0.2, 0.25) is 5.78 Å². The predicted octanol–water partition coefficient (Wildman–Crippen LogP) is 4.16. The van der Waals surface area contributed by atoms with Crippen LogP contribution in [0, 0.1) is 13.8 Å². The molecular formula is C21H17NO2. The summed E-state index contributed by atoms with van der Waals surface area (Å²) in [5.41, 5.74) is 4.20. The topological polar surface area (TPSA) is 47.0 Å². The summed E-state index contributed by atoms with van der Waals surface area (Å²) in [6, 6.07) is 18.0. The van der Waals surface area contributed by atoms with Gasteiger partial charge in [-0.2, -0.15) is 0 Å². The van der Waals surface area contributed by atoms with Crippen molar-refractivity contribution in [3.63, 3.8) is 0 Å². The van der Waals surface area contributed by atoms with E-state index in [4.69, 9.17) is 0 Å². The highest BCUT2D eigenvalue weighted by Crippen LogP contribution is 2.13. The molecule has 0 saturated heterocycles. The van der Waals surface area contributed by atoms with E-state index in [-0.39, 0.29) is 11.6 Å². The molecule has 3 nitrogen and oxygen atoms in total. The third-order valence-corrected chi connectivity index (χ3v) is 3.89. The van der Waals surface area contributed by atoms with E-state index >= 15 is 0 Å². The van der Waals surface area contributed by atoms with Crippen LogP contribution >= 0.6 is 0 Å². The molecule has 118 valence electrons. The summed E-state index contributed by atoms with van der Waals surface area (Å²) in [5.74, 6) is -0.249. The summed E-state index contributed by atoms with van der Waals surface area (Å²) in [5, 5.41) is 0. The van der Waals surface area contributed by atoms with E-state index in [0.29, 0.717) is 22.4 Å². The fraction of sp³-hybridized carbons (Fsp3) is 0.0952. The summed E-state index contributed by atoms with van der Waals surface area (Å²) in [4.78, 5) is 29.0. The zero-order valence-electron chi connectivity index (χ0n) is 13.6. The van der Waals surface area contributed by atoms with Gasteiger partial charge in [-0.05, 0) is 26.0 Å². The maximum absolute atomic E-state index is 12.4. The average Bonchev–Trinajstić information content (AvgIpc) is 2.62. The van der Waals surface area contributed by atoms with Gasteiger partial charge in [-0.1, -0.05) is 59.7 Å². The van der Waals surface area contributed by atoms with E-state index in [1.807, 2.05) is 38.1 Å². The fourth-order valence-electron chi connectivity index (χ4n) is 2.39. The van der Waals surface area contributed by atoms with Gasteiger partial charge in [0.15, 0.2) is 5.78 Å². The molecule has 0 saturated carbocycles. The molecule has 2 aromatic carbocycles. The number of rotatable bonds is 4. The Labute approximate surface area is 141 Å². The molecule has 0 fully saturated rings. The van der Waals surface area contributed by atoms with Crippen LogP contribution < -0.4 is 0 Å². The lowest BCUT2D eigenvalue weighted by molar-refractivity contribution is 0.102. The van der Waals surface area contributed by atoms with Crippen molar-refractivity contribution in [2.75, 3.05) is 0 Å². The first-order valence-corrected chi connectivity index (χ1v) is 7.73. The van der Waals surface area contributed by atoms with Crippen molar-refractivity contribution in [1.82, 2.24) is 4.98 Å². The Bertz CT molecular complexity index is 800. The summed E-state index contributed by atoms with van der Waals surface area (Å²) in [7, 11) is 0. The van der Waals surface area contributed by atoms with Gasteiger partial charge in [0.25, 0.3) is 0 Å². The van der Waals surface area contributed by atoms with Crippen LogP contribution in [-0.2, 0) is 0 Å². The SMILES string of the molecule is Cc1ccc(C(=O)c2ccc(C(=O)c3ccc(C)cc3)nc2)cc1. The molecule has 0 aliphatic rings. The monoisotopic (exact) mass is 315 g/mol.